The van der Waals surface area contributed by atoms with E-state index in [1.54, 1.807) is 36.5 Å². The molecule has 0 atom stereocenters. The monoisotopic (exact) mass is 403 g/mol. The van der Waals surface area contributed by atoms with Crippen LogP contribution in [0.4, 0.5) is 0 Å². The third-order valence-electron chi connectivity index (χ3n) is 3.54. The standard InChI is InChI=1S/C20H29N5O2S/c1-20(2,3)27-17-9-8-15(11-21-17)12-22-19(24-14-18(26)25(4)5)23-13-16-7-6-10-28-16/h6-11H,12-14H2,1-5H3,(H2,22,23,24). The summed E-state index contributed by atoms with van der Waals surface area (Å²) in [6.07, 6.45) is 1.76. The maximum Gasteiger partial charge on any atom is 0.241 e. The fourth-order valence-electron chi connectivity index (χ4n) is 2.12. The van der Waals surface area contributed by atoms with Gasteiger partial charge in [0.25, 0.3) is 0 Å². The summed E-state index contributed by atoms with van der Waals surface area (Å²) in [5, 5.41) is 8.38. The summed E-state index contributed by atoms with van der Waals surface area (Å²) in [7, 11) is 3.46. The fraction of sp³-hybridized carbons (Fsp3) is 0.450. The molecule has 2 aromatic heterocycles. The lowest BCUT2D eigenvalue weighted by molar-refractivity contribution is -0.127. The first-order valence-corrected chi connectivity index (χ1v) is 9.99. The van der Waals surface area contributed by atoms with Crippen LogP contribution in [0.2, 0.25) is 0 Å². The summed E-state index contributed by atoms with van der Waals surface area (Å²) >= 11 is 1.67. The molecule has 2 N–H and O–H groups in total. The summed E-state index contributed by atoms with van der Waals surface area (Å²) in [6.45, 7) is 7.23. The highest BCUT2D eigenvalue weighted by molar-refractivity contribution is 7.09. The van der Waals surface area contributed by atoms with Gasteiger partial charge in [-0.15, -0.1) is 11.3 Å². The van der Waals surface area contributed by atoms with E-state index < -0.39 is 0 Å². The van der Waals surface area contributed by atoms with Crippen molar-refractivity contribution in [3.8, 4) is 5.88 Å². The molecule has 0 saturated heterocycles. The minimum atomic E-state index is -0.283. The van der Waals surface area contributed by atoms with Crippen LogP contribution >= 0.6 is 11.3 Å². The Morgan fingerprint density at radius 1 is 1.25 bits per heavy atom. The molecular formula is C20H29N5O2S. The van der Waals surface area contributed by atoms with Crippen molar-refractivity contribution in [3.63, 3.8) is 0 Å². The summed E-state index contributed by atoms with van der Waals surface area (Å²) in [6, 6.07) is 7.85. The summed E-state index contributed by atoms with van der Waals surface area (Å²) in [5.41, 5.74) is 0.673. The maximum absolute atomic E-state index is 11.9. The molecule has 0 bridgehead atoms. The van der Waals surface area contributed by atoms with Crippen LogP contribution in [0.25, 0.3) is 0 Å². The average molecular weight is 404 g/mol. The lowest BCUT2D eigenvalue weighted by Crippen LogP contribution is -2.42. The highest BCUT2D eigenvalue weighted by atomic mass is 32.1. The highest BCUT2D eigenvalue weighted by Gasteiger charge is 2.12. The Balaban J connectivity index is 1.99. The molecule has 1 amide bonds. The molecule has 0 aliphatic rings. The molecule has 2 rings (SSSR count). The fourth-order valence-corrected chi connectivity index (χ4v) is 2.77. The number of carbonyl (C=O) groups is 1. The van der Waals surface area contributed by atoms with Crippen LogP contribution in [0.15, 0.2) is 40.8 Å². The Hall–Kier alpha value is -2.61. The predicted octanol–water partition coefficient (Wildman–Crippen LogP) is 2.64. The van der Waals surface area contributed by atoms with Crippen molar-refractivity contribution in [1.29, 1.82) is 0 Å². The third kappa shape index (κ3) is 7.96. The van der Waals surface area contributed by atoms with Gasteiger partial charge in [0, 0.05) is 31.2 Å². The second-order valence-electron chi connectivity index (χ2n) is 7.46. The van der Waals surface area contributed by atoms with E-state index >= 15 is 0 Å². The first-order valence-electron chi connectivity index (χ1n) is 9.11. The molecule has 2 heterocycles. The molecule has 2 aromatic rings. The number of hydrogen-bond acceptors (Lipinski definition) is 5. The third-order valence-corrected chi connectivity index (χ3v) is 4.42. The van der Waals surface area contributed by atoms with Crippen molar-refractivity contribution in [2.24, 2.45) is 4.99 Å². The number of guanidine groups is 1. The van der Waals surface area contributed by atoms with Crippen molar-refractivity contribution >= 4 is 23.2 Å². The van der Waals surface area contributed by atoms with Gasteiger partial charge in [-0.25, -0.2) is 9.98 Å². The summed E-state index contributed by atoms with van der Waals surface area (Å²) < 4.78 is 5.74. The molecule has 0 saturated carbocycles. The van der Waals surface area contributed by atoms with Crippen LogP contribution < -0.4 is 15.4 Å². The SMILES string of the molecule is CN(C)C(=O)CNC(=NCc1ccc(OC(C)(C)C)nc1)NCc1cccs1. The largest absolute Gasteiger partial charge is 0.472 e. The lowest BCUT2D eigenvalue weighted by atomic mass is 10.2. The van der Waals surface area contributed by atoms with Gasteiger partial charge < -0.3 is 20.3 Å². The van der Waals surface area contributed by atoms with E-state index in [0.717, 1.165) is 5.56 Å². The van der Waals surface area contributed by atoms with Crippen LogP contribution in [0, 0.1) is 0 Å². The minimum absolute atomic E-state index is 0.0176. The molecule has 0 fully saturated rings. The van der Waals surface area contributed by atoms with Gasteiger partial charge in [0.2, 0.25) is 11.8 Å². The molecule has 7 nitrogen and oxygen atoms in total. The number of pyridine rings is 1. The van der Waals surface area contributed by atoms with Gasteiger partial charge in [-0.05, 0) is 37.8 Å². The first kappa shape index (κ1) is 21.7. The number of hydrogen-bond donors (Lipinski definition) is 2. The van der Waals surface area contributed by atoms with E-state index in [4.69, 9.17) is 4.74 Å². The summed E-state index contributed by atoms with van der Waals surface area (Å²) in [4.78, 5) is 23.5. The number of amides is 1. The first-order chi connectivity index (χ1) is 13.2. The number of ether oxygens (including phenoxy) is 1. The molecule has 0 aromatic carbocycles. The molecule has 0 radical (unpaired) electrons. The molecule has 28 heavy (non-hydrogen) atoms. The number of carbonyl (C=O) groups excluding carboxylic acids is 1. The molecule has 0 aliphatic carbocycles. The number of nitrogens with one attached hydrogen (secondary N) is 2. The van der Waals surface area contributed by atoms with E-state index in [9.17, 15) is 4.79 Å². The number of aliphatic imine (C=N–C) groups is 1. The number of likely N-dealkylation sites (N-methyl/N-ethyl adjacent to an activating group) is 1. The van der Waals surface area contributed by atoms with Gasteiger partial charge in [0.1, 0.15) is 5.60 Å². The maximum atomic E-state index is 11.9. The molecular weight excluding hydrogens is 374 g/mol. The number of thiophene rings is 1. The van der Waals surface area contributed by atoms with Crippen molar-refractivity contribution in [2.45, 2.75) is 39.5 Å². The van der Waals surface area contributed by atoms with E-state index in [2.05, 4.69) is 26.7 Å². The molecule has 0 unspecified atom stereocenters. The lowest BCUT2D eigenvalue weighted by Gasteiger charge is -2.20. The number of aromatic nitrogens is 1. The number of rotatable bonds is 7. The van der Waals surface area contributed by atoms with Crippen molar-refractivity contribution in [3.05, 3.63) is 46.3 Å². The highest BCUT2D eigenvalue weighted by Crippen LogP contribution is 2.15. The number of nitrogens with zero attached hydrogens (tertiary/aromatic N) is 3. The van der Waals surface area contributed by atoms with Crippen LogP contribution in [0.5, 0.6) is 5.88 Å². The van der Waals surface area contributed by atoms with E-state index in [1.165, 1.54) is 4.88 Å². The second-order valence-corrected chi connectivity index (χ2v) is 8.49. The van der Waals surface area contributed by atoms with E-state index in [0.29, 0.717) is 24.9 Å². The Morgan fingerprint density at radius 2 is 2.04 bits per heavy atom. The van der Waals surface area contributed by atoms with Gasteiger partial charge in [-0.1, -0.05) is 12.1 Å². The van der Waals surface area contributed by atoms with Gasteiger partial charge in [-0.3, -0.25) is 4.79 Å². The van der Waals surface area contributed by atoms with Crippen LogP contribution in [0.1, 0.15) is 31.2 Å². The van der Waals surface area contributed by atoms with Gasteiger partial charge in [0.15, 0.2) is 5.96 Å². The van der Waals surface area contributed by atoms with Crippen molar-refractivity contribution in [2.75, 3.05) is 20.6 Å². The zero-order valence-electron chi connectivity index (χ0n) is 17.2. The zero-order valence-corrected chi connectivity index (χ0v) is 18.0. The zero-order chi connectivity index (χ0) is 20.6. The topological polar surface area (TPSA) is 78.9 Å². The molecule has 8 heteroatoms. The van der Waals surface area contributed by atoms with Crippen LogP contribution in [0.3, 0.4) is 0 Å². The molecule has 152 valence electrons. The molecule has 0 aliphatic heterocycles. The molecule has 0 spiro atoms. The quantitative estimate of drug-likeness (QED) is 0.549. The Morgan fingerprint density at radius 3 is 2.61 bits per heavy atom. The van der Waals surface area contributed by atoms with Gasteiger partial charge in [-0.2, -0.15) is 0 Å². The average Bonchev–Trinajstić information content (AvgIpc) is 3.14. The van der Waals surface area contributed by atoms with Gasteiger partial charge in [0.05, 0.1) is 19.6 Å². The van der Waals surface area contributed by atoms with Crippen molar-refractivity contribution in [1.82, 2.24) is 20.5 Å². The van der Waals surface area contributed by atoms with Crippen LogP contribution in [-0.4, -0.2) is 48.0 Å². The predicted molar refractivity (Wildman–Crippen MR) is 114 cm³/mol. The van der Waals surface area contributed by atoms with Gasteiger partial charge >= 0.3 is 0 Å². The van der Waals surface area contributed by atoms with Crippen molar-refractivity contribution < 1.29 is 9.53 Å². The Labute approximate surface area is 170 Å². The minimum Gasteiger partial charge on any atom is -0.472 e. The van der Waals surface area contributed by atoms with Crippen LogP contribution in [-0.2, 0) is 17.9 Å². The Kier molecular flexibility index (Phi) is 7.80. The Bertz CT molecular complexity index is 765. The van der Waals surface area contributed by atoms with E-state index in [1.807, 2.05) is 44.4 Å². The second kappa shape index (κ2) is 10.1. The van der Waals surface area contributed by atoms with E-state index in [-0.39, 0.29) is 18.1 Å². The smallest absolute Gasteiger partial charge is 0.241 e. The normalized spacial score (nSPS) is 11.8. The summed E-state index contributed by atoms with van der Waals surface area (Å²) in [5.74, 6) is 1.15.